The lowest BCUT2D eigenvalue weighted by Crippen LogP contribution is -2.68. The van der Waals surface area contributed by atoms with Gasteiger partial charge in [0.2, 0.25) is 5.78 Å². The Bertz CT molecular complexity index is 1140. The van der Waals surface area contributed by atoms with Gasteiger partial charge < -0.3 is 31.3 Å². The summed E-state index contributed by atoms with van der Waals surface area (Å²) in [7, 11) is 2.98. The lowest BCUT2D eigenvalue weighted by atomic mass is 9.55. The van der Waals surface area contributed by atoms with Crippen LogP contribution in [0.5, 0.6) is 5.75 Å². The lowest BCUT2D eigenvalue weighted by molar-refractivity contribution is -0.162. The van der Waals surface area contributed by atoms with E-state index in [0.717, 1.165) is 0 Å². The summed E-state index contributed by atoms with van der Waals surface area (Å²) in [6.07, 6.45) is -1.59. The number of alkyl halides is 1. The van der Waals surface area contributed by atoms with E-state index in [-0.39, 0.29) is 11.3 Å². The Balaban J connectivity index is 0.00000158. The number of hydrogen-bond donors (Lipinski definition) is 6. The molecule has 4 rings (SSSR count). The van der Waals surface area contributed by atoms with Crippen molar-refractivity contribution in [3.05, 3.63) is 52.0 Å². The Hall–Kier alpha value is -2.48. The normalized spacial score (nSPS) is 32.5. The summed E-state index contributed by atoms with van der Waals surface area (Å²) in [6.45, 7) is 1.68. The highest BCUT2D eigenvalue weighted by atomic mass is 127. The number of hydrogen-bond acceptors (Lipinski definition) is 9. The Morgan fingerprint density at radius 2 is 1.74 bits per heavy atom. The van der Waals surface area contributed by atoms with Crippen molar-refractivity contribution >= 4 is 40.1 Å². The molecule has 0 aromatic heterocycles. The molecule has 0 saturated heterocycles. The number of fused-ring (bicyclic) bond motifs is 3. The molecule has 1 aromatic carbocycles. The number of aliphatic hydroxyl groups is 4. The molecule has 0 aliphatic heterocycles. The van der Waals surface area contributed by atoms with E-state index in [4.69, 9.17) is 5.73 Å². The van der Waals surface area contributed by atoms with Crippen LogP contribution in [0.1, 0.15) is 28.8 Å². The van der Waals surface area contributed by atoms with E-state index in [1.165, 1.54) is 25.1 Å². The molecule has 0 heterocycles. The molecular formula is C23H27IN2O8. The molecule has 34 heavy (non-hydrogen) atoms. The highest BCUT2D eigenvalue weighted by molar-refractivity contribution is 14.1. The fourth-order valence-electron chi connectivity index (χ4n) is 5.58. The smallest absolute Gasteiger partial charge is 0.255 e. The van der Waals surface area contributed by atoms with Gasteiger partial charge in [-0.25, -0.2) is 0 Å². The van der Waals surface area contributed by atoms with Gasteiger partial charge in [-0.1, -0.05) is 41.6 Å². The molecule has 7 N–H and O–H groups in total. The summed E-state index contributed by atoms with van der Waals surface area (Å²) in [5.74, 6) is -8.86. The summed E-state index contributed by atoms with van der Waals surface area (Å²) in [5.41, 5.74) is 1.36. The zero-order valence-corrected chi connectivity index (χ0v) is 21.1. The minimum Gasteiger partial charge on any atom is -0.510 e. The largest absolute Gasteiger partial charge is 0.510 e. The second kappa shape index (κ2) is 8.95. The third-order valence-corrected chi connectivity index (χ3v) is 7.00. The number of carbonyl (C=O) groups excluding carboxylic acids is 3. The van der Waals surface area contributed by atoms with Crippen LogP contribution in [0.4, 0.5) is 0 Å². The third kappa shape index (κ3) is 3.28. The summed E-state index contributed by atoms with van der Waals surface area (Å²) in [4.78, 5) is 41.8. The van der Waals surface area contributed by atoms with Gasteiger partial charge in [-0.3, -0.25) is 19.3 Å². The van der Waals surface area contributed by atoms with E-state index < -0.39 is 75.6 Å². The molecule has 0 bridgehead atoms. The number of Topliss-reactive ketones (excluding diaryl/α,β-unsaturated/α-hetero) is 2. The number of halogens is 1. The number of aliphatic hydroxyl groups excluding tert-OH is 3. The van der Waals surface area contributed by atoms with Crippen molar-refractivity contribution in [3.8, 4) is 5.75 Å². The number of carbonyl (C=O) groups is 3. The molecular weight excluding hydrogens is 559 g/mol. The van der Waals surface area contributed by atoms with Crippen LogP contribution >= 0.6 is 22.6 Å². The predicted octanol–water partition coefficient (Wildman–Crippen LogP) is 0.704. The van der Waals surface area contributed by atoms with Crippen molar-refractivity contribution in [2.45, 2.75) is 30.6 Å². The van der Waals surface area contributed by atoms with Crippen LogP contribution in [0.2, 0.25) is 0 Å². The van der Waals surface area contributed by atoms with Crippen LogP contribution in [-0.2, 0) is 9.59 Å². The highest BCUT2D eigenvalue weighted by Crippen LogP contribution is 2.55. The molecule has 0 spiro atoms. The van der Waals surface area contributed by atoms with E-state index in [9.17, 15) is 39.9 Å². The van der Waals surface area contributed by atoms with Crippen molar-refractivity contribution in [1.29, 1.82) is 0 Å². The SMILES string of the molecule is CI.C[C@H]1c2cccc(O)c2C(=O)C2=C(O)[C@]3(O)C(=O)C(C(N)=O)=C(O)[C@@H](N(C)C)[C@H]3[C@@H](O)[C@@H]21. The Morgan fingerprint density at radius 3 is 2.26 bits per heavy atom. The Morgan fingerprint density at radius 1 is 1.15 bits per heavy atom. The Kier molecular flexibility index (Phi) is 6.88. The predicted molar refractivity (Wildman–Crippen MR) is 130 cm³/mol. The molecule has 1 amide bonds. The molecule has 3 aliphatic carbocycles. The number of likely N-dealkylation sites (N-methyl/N-ethyl adjacent to an activating group) is 1. The molecule has 0 saturated carbocycles. The van der Waals surface area contributed by atoms with Gasteiger partial charge >= 0.3 is 0 Å². The standard InChI is InChI=1S/C22H24N2O8.CH3I/c1-7-8-5-4-6-9(25)11(8)16(26)12-10(7)17(27)14-15(24(2)3)18(28)13(21(23)31)20(30)22(14,32)19(12)29;1-2/h4-7,10,14-15,17,25,27-29,32H,1-3H3,(H2,23,31);1H3/t7-,10+,14-,15-,17-,22-;/m0./s1. The molecule has 0 radical (unpaired) electrons. The van der Waals surface area contributed by atoms with E-state index in [1.54, 1.807) is 19.1 Å². The first-order valence-corrected chi connectivity index (χ1v) is 12.6. The Labute approximate surface area is 209 Å². The summed E-state index contributed by atoms with van der Waals surface area (Å²) in [5, 5.41) is 55.0. The number of rotatable bonds is 2. The van der Waals surface area contributed by atoms with Crippen LogP contribution < -0.4 is 5.73 Å². The lowest BCUT2D eigenvalue weighted by Gasteiger charge is -2.53. The van der Waals surface area contributed by atoms with E-state index in [1.807, 2.05) is 4.93 Å². The van der Waals surface area contributed by atoms with Gasteiger partial charge in [-0.15, -0.1) is 0 Å². The van der Waals surface area contributed by atoms with E-state index >= 15 is 0 Å². The maximum atomic E-state index is 13.3. The number of amides is 1. The van der Waals surface area contributed by atoms with Crippen molar-refractivity contribution in [1.82, 2.24) is 4.90 Å². The van der Waals surface area contributed by atoms with Gasteiger partial charge in [0.25, 0.3) is 5.91 Å². The van der Waals surface area contributed by atoms with Crippen molar-refractivity contribution in [2.75, 3.05) is 19.0 Å². The monoisotopic (exact) mass is 586 g/mol. The number of benzene rings is 1. The number of phenolic OH excluding ortho intramolecular Hbond substituents is 1. The quantitative estimate of drug-likeness (QED) is 0.165. The first-order chi connectivity index (χ1) is 15.9. The number of primary amides is 1. The molecule has 6 atom stereocenters. The number of ketones is 2. The number of nitrogens with zero attached hydrogens (tertiary/aromatic N) is 1. The van der Waals surface area contributed by atoms with Crippen LogP contribution in [0.3, 0.4) is 0 Å². The molecule has 184 valence electrons. The molecule has 0 fully saturated rings. The first-order valence-electron chi connectivity index (χ1n) is 10.4. The molecule has 10 nitrogen and oxygen atoms in total. The van der Waals surface area contributed by atoms with E-state index in [2.05, 4.69) is 22.6 Å². The minimum atomic E-state index is -2.89. The van der Waals surface area contributed by atoms with Crippen LogP contribution in [0, 0.1) is 11.8 Å². The summed E-state index contributed by atoms with van der Waals surface area (Å²) >= 11 is 2.15. The van der Waals surface area contributed by atoms with Gasteiger partial charge in [0.05, 0.1) is 23.6 Å². The summed E-state index contributed by atoms with van der Waals surface area (Å²) < 4.78 is 0. The maximum Gasteiger partial charge on any atom is 0.255 e. The van der Waals surface area contributed by atoms with Gasteiger partial charge in [-0.05, 0) is 36.6 Å². The molecule has 1 aromatic rings. The molecule has 3 aliphatic rings. The first kappa shape index (κ1) is 26.1. The number of phenols is 1. The fraction of sp³-hybridized carbons (Fsp3) is 0.435. The minimum absolute atomic E-state index is 0.104. The third-order valence-electron chi connectivity index (χ3n) is 7.00. The zero-order valence-electron chi connectivity index (χ0n) is 19.0. The second-order valence-electron chi connectivity index (χ2n) is 8.79. The topological polar surface area (TPSA) is 182 Å². The second-order valence-corrected chi connectivity index (χ2v) is 8.79. The van der Waals surface area contributed by atoms with Gasteiger partial charge in [0, 0.05) is 11.5 Å². The van der Waals surface area contributed by atoms with Gasteiger partial charge in [0.15, 0.2) is 11.4 Å². The number of nitrogens with two attached hydrogens (primary N) is 1. The average Bonchev–Trinajstić information content (AvgIpc) is 2.77. The van der Waals surface area contributed by atoms with Crippen molar-refractivity contribution in [3.63, 3.8) is 0 Å². The fourth-order valence-corrected chi connectivity index (χ4v) is 5.58. The number of aromatic hydroxyl groups is 1. The zero-order chi connectivity index (χ0) is 25.9. The van der Waals surface area contributed by atoms with Gasteiger partial charge in [-0.2, -0.15) is 0 Å². The maximum absolute atomic E-state index is 13.3. The molecule has 0 unspecified atom stereocenters. The van der Waals surface area contributed by atoms with Crippen LogP contribution in [0.15, 0.2) is 40.9 Å². The average molecular weight is 586 g/mol. The highest BCUT2D eigenvalue weighted by Gasteiger charge is 2.67. The van der Waals surface area contributed by atoms with E-state index in [0.29, 0.717) is 5.56 Å². The molecule has 11 heteroatoms. The van der Waals surface area contributed by atoms with Gasteiger partial charge in [0.1, 0.15) is 22.8 Å². The summed E-state index contributed by atoms with van der Waals surface area (Å²) in [6, 6.07) is 3.17. The van der Waals surface area contributed by atoms with Crippen LogP contribution in [0.25, 0.3) is 0 Å². The van der Waals surface area contributed by atoms with Crippen LogP contribution in [-0.4, -0.2) is 84.7 Å². The van der Waals surface area contributed by atoms with Crippen molar-refractivity contribution < 1.29 is 39.9 Å². The van der Waals surface area contributed by atoms with Crippen molar-refractivity contribution in [2.24, 2.45) is 17.6 Å².